The number of aromatic amines is 1. The number of ether oxygens (including phenoxy) is 2. The first-order chi connectivity index (χ1) is 13.6. The number of amides is 2. The molecule has 0 aromatic carbocycles. The number of nitrogens with one attached hydrogen (secondary N) is 2. The molecule has 2 aromatic heterocycles. The maximum atomic E-state index is 12.9. The second-order valence-electron chi connectivity index (χ2n) is 8.03. The Morgan fingerprint density at radius 1 is 1.41 bits per heavy atom. The van der Waals surface area contributed by atoms with Crippen LogP contribution in [-0.2, 0) is 21.5 Å². The third-order valence-corrected chi connectivity index (χ3v) is 6.06. The van der Waals surface area contributed by atoms with E-state index in [-0.39, 0.29) is 5.69 Å². The first kappa shape index (κ1) is 21.2. The molecule has 3 heterocycles. The van der Waals surface area contributed by atoms with Crippen LogP contribution in [0.3, 0.4) is 0 Å². The molecule has 0 saturated heterocycles. The number of rotatable bonds is 6. The molecule has 156 valence electrons. The van der Waals surface area contributed by atoms with Gasteiger partial charge in [-0.25, -0.2) is 0 Å². The normalized spacial score (nSPS) is 17.3. The Bertz CT molecular complexity index is 971. The largest absolute Gasteiger partial charge is 0.381 e. The molecule has 0 fully saturated rings. The number of carbonyl (C=O) groups is 2. The number of nitrogens with two attached hydrogens (primary N) is 1. The molecule has 2 aromatic rings. The minimum atomic E-state index is -0.602. The summed E-state index contributed by atoms with van der Waals surface area (Å²) in [7, 11) is 1.59. The molecular formula is C20H26N4O4S. The lowest BCUT2D eigenvalue weighted by molar-refractivity contribution is -0.135. The molecule has 0 atom stereocenters. The van der Waals surface area contributed by atoms with Gasteiger partial charge in [-0.2, -0.15) is 5.10 Å². The van der Waals surface area contributed by atoms with E-state index in [1.54, 1.807) is 25.5 Å². The summed E-state index contributed by atoms with van der Waals surface area (Å²) >= 11 is 1.32. The summed E-state index contributed by atoms with van der Waals surface area (Å²) in [5, 5.41) is 9.96. The summed E-state index contributed by atoms with van der Waals surface area (Å²) < 4.78 is 11.2. The highest BCUT2D eigenvalue weighted by molar-refractivity contribution is 7.17. The highest BCUT2D eigenvalue weighted by Gasteiger charge is 2.43. The molecule has 29 heavy (non-hydrogen) atoms. The third-order valence-electron chi connectivity index (χ3n) is 4.61. The van der Waals surface area contributed by atoms with Gasteiger partial charge in [0.25, 0.3) is 11.8 Å². The molecule has 0 unspecified atom stereocenters. The fraction of sp³-hybridized carbons (Fsp3) is 0.450. The molecule has 0 saturated carbocycles. The number of hydrogen-bond acceptors (Lipinski definition) is 6. The quantitative estimate of drug-likeness (QED) is 0.666. The smallest absolute Gasteiger partial charge is 0.277 e. The summed E-state index contributed by atoms with van der Waals surface area (Å²) in [6.45, 7) is 8.26. The van der Waals surface area contributed by atoms with Crippen molar-refractivity contribution in [3.05, 3.63) is 39.5 Å². The molecule has 0 bridgehead atoms. The first-order valence-electron chi connectivity index (χ1n) is 9.22. The van der Waals surface area contributed by atoms with Crippen LogP contribution < -0.4 is 11.1 Å². The van der Waals surface area contributed by atoms with Gasteiger partial charge in [0, 0.05) is 30.2 Å². The molecule has 0 aliphatic carbocycles. The molecule has 8 nitrogen and oxygen atoms in total. The van der Waals surface area contributed by atoms with Gasteiger partial charge in [0.1, 0.15) is 5.00 Å². The summed E-state index contributed by atoms with van der Waals surface area (Å²) in [4.78, 5) is 26.0. The second kappa shape index (κ2) is 7.74. The SMILES string of the molecule is COCC=Cc1c[nH]nc1C(=O)Nc1sc2c(c1C(N)=O)CC(C)(C)OC2(C)C. The van der Waals surface area contributed by atoms with Crippen molar-refractivity contribution >= 4 is 34.2 Å². The number of H-pyrrole nitrogens is 1. The Hall–Kier alpha value is -2.49. The highest BCUT2D eigenvalue weighted by atomic mass is 32.1. The maximum Gasteiger partial charge on any atom is 0.277 e. The van der Waals surface area contributed by atoms with Gasteiger partial charge in [-0.3, -0.25) is 14.7 Å². The van der Waals surface area contributed by atoms with Crippen LogP contribution in [0.5, 0.6) is 0 Å². The number of aromatic nitrogens is 2. The van der Waals surface area contributed by atoms with E-state index < -0.39 is 23.0 Å². The lowest BCUT2D eigenvalue weighted by atomic mass is 9.86. The number of thiophene rings is 1. The predicted molar refractivity (Wildman–Crippen MR) is 112 cm³/mol. The van der Waals surface area contributed by atoms with Crippen molar-refractivity contribution in [2.45, 2.75) is 45.3 Å². The average molecular weight is 419 g/mol. The van der Waals surface area contributed by atoms with E-state index in [2.05, 4.69) is 15.5 Å². The van der Waals surface area contributed by atoms with E-state index in [9.17, 15) is 9.59 Å². The molecule has 1 aliphatic heterocycles. The van der Waals surface area contributed by atoms with Crippen molar-refractivity contribution in [1.82, 2.24) is 10.2 Å². The topological polar surface area (TPSA) is 119 Å². The third kappa shape index (κ3) is 4.26. The second-order valence-corrected chi connectivity index (χ2v) is 9.05. The number of nitrogens with zero attached hydrogens (tertiary/aromatic N) is 1. The van der Waals surface area contributed by atoms with Gasteiger partial charge in [-0.1, -0.05) is 12.2 Å². The van der Waals surface area contributed by atoms with Gasteiger partial charge in [0.2, 0.25) is 0 Å². The standard InChI is InChI=1S/C20H26N4O4S/c1-19(2)9-12-13(16(21)25)18(29-15(12)20(3,4)28-19)23-17(26)14-11(10-22-24-14)7-6-8-27-5/h6-7,10H,8-9H2,1-5H3,(H2,21,25)(H,22,24)(H,23,26). The van der Waals surface area contributed by atoms with E-state index in [1.807, 2.05) is 27.7 Å². The van der Waals surface area contributed by atoms with Crippen LogP contribution in [0.1, 0.15) is 64.5 Å². The Balaban J connectivity index is 1.97. The molecule has 0 radical (unpaired) electrons. The van der Waals surface area contributed by atoms with Gasteiger partial charge in [0.15, 0.2) is 5.69 Å². The van der Waals surface area contributed by atoms with Gasteiger partial charge >= 0.3 is 0 Å². The van der Waals surface area contributed by atoms with Crippen LogP contribution in [0, 0.1) is 0 Å². The number of primary amides is 1. The molecule has 3 rings (SSSR count). The number of carbonyl (C=O) groups excluding carboxylic acids is 2. The monoisotopic (exact) mass is 418 g/mol. The van der Waals surface area contributed by atoms with Crippen molar-refractivity contribution in [2.24, 2.45) is 5.73 Å². The van der Waals surface area contributed by atoms with E-state index in [0.717, 1.165) is 10.4 Å². The Morgan fingerprint density at radius 2 is 2.14 bits per heavy atom. The van der Waals surface area contributed by atoms with Crippen LogP contribution in [0.2, 0.25) is 0 Å². The fourth-order valence-electron chi connectivity index (χ4n) is 3.71. The van der Waals surface area contributed by atoms with Crippen molar-refractivity contribution < 1.29 is 19.1 Å². The first-order valence-corrected chi connectivity index (χ1v) is 10.0. The zero-order valence-electron chi connectivity index (χ0n) is 17.2. The average Bonchev–Trinajstić information content (AvgIpc) is 3.18. The van der Waals surface area contributed by atoms with E-state index in [0.29, 0.717) is 29.2 Å². The highest BCUT2D eigenvalue weighted by Crippen LogP contribution is 2.48. The number of methoxy groups -OCH3 is 1. The zero-order valence-corrected chi connectivity index (χ0v) is 18.0. The van der Waals surface area contributed by atoms with Gasteiger partial charge < -0.3 is 20.5 Å². The zero-order chi connectivity index (χ0) is 21.4. The number of hydrogen-bond donors (Lipinski definition) is 3. The summed E-state index contributed by atoms with van der Waals surface area (Å²) in [6, 6.07) is 0. The molecule has 4 N–H and O–H groups in total. The van der Waals surface area contributed by atoms with Gasteiger partial charge in [-0.15, -0.1) is 11.3 Å². The van der Waals surface area contributed by atoms with Gasteiger partial charge in [0.05, 0.1) is 23.4 Å². The summed E-state index contributed by atoms with van der Waals surface area (Å²) in [5.41, 5.74) is 6.65. The van der Waals surface area contributed by atoms with Crippen LogP contribution in [-0.4, -0.2) is 41.3 Å². The lowest BCUT2D eigenvalue weighted by Crippen LogP contribution is -2.42. The van der Waals surface area contributed by atoms with E-state index >= 15 is 0 Å². The number of fused-ring (bicyclic) bond motifs is 1. The van der Waals surface area contributed by atoms with Crippen LogP contribution in [0.15, 0.2) is 12.3 Å². The lowest BCUT2D eigenvalue weighted by Gasteiger charge is -2.41. The van der Waals surface area contributed by atoms with E-state index in [1.165, 1.54) is 11.3 Å². The molecular weight excluding hydrogens is 392 g/mol. The summed E-state index contributed by atoms with van der Waals surface area (Å²) in [5.74, 6) is -1.00. The maximum absolute atomic E-state index is 12.9. The van der Waals surface area contributed by atoms with Crippen LogP contribution in [0.25, 0.3) is 6.08 Å². The van der Waals surface area contributed by atoms with Crippen LogP contribution >= 0.6 is 11.3 Å². The molecule has 1 aliphatic rings. The molecule has 0 spiro atoms. The summed E-state index contributed by atoms with van der Waals surface area (Å²) in [6.07, 6.45) is 5.68. The Labute approximate surface area is 173 Å². The van der Waals surface area contributed by atoms with Crippen LogP contribution in [0.4, 0.5) is 5.00 Å². The minimum Gasteiger partial charge on any atom is -0.381 e. The molecule has 9 heteroatoms. The van der Waals surface area contributed by atoms with Crippen molar-refractivity contribution in [1.29, 1.82) is 0 Å². The molecule has 2 amide bonds. The predicted octanol–water partition coefficient (Wildman–Crippen LogP) is 3.07. The Morgan fingerprint density at radius 3 is 2.79 bits per heavy atom. The van der Waals surface area contributed by atoms with Crippen molar-refractivity contribution in [3.63, 3.8) is 0 Å². The number of anilines is 1. The Kier molecular flexibility index (Phi) is 5.66. The fourth-order valence-corrected chi connectivity index (χ4v) is 4.97. The van der Waals surface area contributed by atoms with Crippen molar-refractivity contribution in [3.8, 4) is 0 Å². The van der Waals surface area contributed by atoms with Gasteiger partial charge in [-0.05, 0) is 33.3 Å². The van der Waals surface area contributed by atoms with Crippen molar-refractivity contribution in [2.75, 3.05) is 19.0 Å². The van der Waals surface area contributed by atoms with E-state index in [4.69, 9.17) is 15.2 Å². The minimum absolute atomic E-state index is 0.218.